The van der Waals surface area contributed by atoms with Gasteiger partial charge >= 0.3 is 0 Å². The van der Waals surface area contributed by atoms with Gasteiger partial charge in [0.15, 0.2) is 0 Å². The Morgan fingerprint density at radius 2 is 1.14 bits per heavy atom. The van der Waals surface area contributed by atoms with Crippen molar-refractivity contribution in [3.8, 4) is 11.1 Å². The predicted octanol–water partition coefficient (Wildman–Crippen LogP) is 7.33. The number of hydrogen-bond donors (Lipinski definition) is 0. The fourth-order valence-corrected chi connectivity index (χ4v) is 5.61. The van der Waals surface area contributed by atoms with E-state index in [0.717, 1.165) is 0 Å². The molecule has 0 aromatic heterocycles. The highest BCUT2D eigenvalue weighted by molar-refractivity contribution is 5.87. The standard InChI is InChI=1S/C28H31N/c1-26(2)20-13-9-8-12-18(20)19-16-25-23(17-22(19)26)28(5,6)27(3,4)21-14-10-11-15-24(21)29(25)7/h8-17H,1-7H3. The molecule has 0 fully saturated rings. The van der Waals surface area contributed by atoms with Crippen LogP contribution in [-0.2, 0) is 16.2 Å². The molecule has 0 unspecified atom stereocenters. The minimum Gasteiger partial charge on any atom is -0.344 e. The van der Waals surface area contributed by atoms with Crippen molar-refractivity contribution in [2.45, 2.75) is 57.8 Å². The number of fused-ring (bicyclic) bond motifs is 5. The molecule has 0 bridgehead atoms. The van der Waals surface area contributed by atoms with Crippen molar-refractivity contribution in [3.05, 3.63) is 82.9 Å². The van der Waals surface area contributed by atoms with Crippen LogP contribution in [0.15, 0.2) is 60.7 Å². The Labute approximate surface area is 175 Å². The maximum Gasteiger partial charge on any atom is 0.0452 e. The van der Waals surface area contributed by atoms with E-state index >= 15 is 0 Å². The smallest absolute Gasteiger partial charge is 0.0452 e. The van der Waals surface area contributed by atoms with Gasteiger partial charge in [-0.05, 0) is 45.5 Å². The molecule has 5 rings (SSSR count). The average molecular weight is 382 g/mol. The van der Waals surface area contributed by atoms with Gasteiger partial charge in [0.1, 0.15) is 0 Å². The summed E-state index contributed by atoms with van der Waals surface area (Å²) in [5.41, 5.74) is 11.2. The van der Waals surface area contributed by atoms with Crippen molar-refractivity contribution < 1.29 is 0 Å². The number of benzene rings is 3. The Balaban J connectivity index is 1.88. The summed E-state index contributed by atoms with van der Waals surface area (Å²) in [6.07, 6.45) is 0. The number of rotatable bonds is 0. The van der Waals surface area contributed by atoms with Crippen molar-refractivity contribution in [2.75, 3.05) is 11.9 Å². The molecule has 0 radical (unpaired) electrons. The number of nitrogens with zero attached hydrogens (tertiary/aromatic N) is 1. The molecule has 1 nitrogen and oxygen atoms in total. The molecule has 3 aromatic rings. The fraction of sp³-hybridized carbons (Fsp3) is 0.357. The van der Waals surface area contributed by atoms with Crippen LogP contribution in [0.4, 0.5) is 11.4 Å². The van der Waals surface area contributed by atoms with Crippen LogP contribution < -0.4 is 4.90 Å². The maximum atomic E-state index is 2.52. The highest BCUT2D eigenvalue weighted by Gasteiger charge is 2.47. The first-order chi connectivity index (χ1) is 13.6. The highest BCUT2D eigenvalue weighted by atomic mass is 15.1. The van der Waals surface area contributed by atoms with Gasteiger partial charge in [-0.3, -0.25) is 0 Å². The minimum absolute atomic E-state index is 0.00688. The largest absolute Gasteiger partial charge is 0.344 e. The lowest BCUT2D eigenvalue weighted by atomic mass is 9.60. The molecule has 1 heteroatoms. The van der Waals surface area contributed by atoms with Gasteiger partial charge in [0.25, 0.3) is 0 Å². The second kappa shape index (κ2) is 5.53. The summed E-state index contributed by atoms with van der Waals surface area (Å²) < 4.78 is 0. The van der Waals surface area contributed by atoms with E-state index in [4.69, 9.17) is 0 Å². The van der Waals surface area contributed by atoms with E-state index in [-0.39, 0.29) is 16.2 Å². The number of para-hydroxylation sites is 1. The molecule has 2 aliphatic rings. The molecule has 0 N–H and O–H groups in total. The third kappa shape index (κ3) is 2.16. The van der Waals surface area contributed by atoms with Crippen molar-refractivity contribution in [3.63, 3.8) is 0 Å². The second-order valence-electron chi connectivity index (χ2n) is 10.4. The van der Waals surface area contributed by atoms with Crippen LogP contribution in [0, 0.1) is 0 Å². The molecular weight excluding hydrogens is 350 g/mol. The summed E-state index contributed by atoms with van der Waals surface area (Å²) in [6.45, 7) is 14.4. The van der Waals surface area contributed by atoms with Crippen LogP contribution in [0.1, 0.15) is 63.8 Å². The topological polar surface area (TPSA) is 3.24 Å². The molecule has 0 spiro atoms. The monoisotopic (exact) mass is 381 g/mol. The van der Waals surface area contributed by atoms with Crippen LogP contribution in [0.3, 0.4) is 0 Å². The zero-order chi connectivity index (χ0) is 20.8. The van der Waals surface area contributed by atoms with E-state index < -0.39 is 0 Å². The molecule has 29 heavy (non-hydrogen) atoms. The lowest BCUT2D eigenvalue weighted by Gasteiger charge is -2.42. The molecule has 1 heterocycles. The highest BCUT2D eigenvalue weighted by Crippen LogP contribution is 2.57. The van der Waals surface area contributed by atoms with E-state index in [9.17, 15) is 0 Å². The van der Waals surface area contributed by atoms with Crippen LogP contribution in [0.25, 0.3) is 11.1 Å². The average Bonchev–Trinajstić information content (AvgIpc) is 2.91. The first-order valence-electron chi connectivity index (χ1n) is 10.7. The molecule has 1 aliphatic heterocycles. The molecule has 0 saturated heterocycles. The van der Waals surface area contributed by atoms with Crippen LogP contribution in [0.5, 0.6) is 0 Å². The van der Waals surface area contributed by atoms with Gasteiger partial charge in [-0.15, -0.1) is 0 Å². The second-order valence-corrected chi connectivity index (χ2v) is 10.4. The van der Waals surface area contributed by atoms with Crippen LogP contribution >= 0.6 is 0 Å². The summed E-state index contributed by atoms with van der Waals surface area (Å²) in [4.78, 5) is 2.41. The zero-order valence-corrected chi connectivity index (χ0v) is 18.7. The van der Waals surface area contributed by atoms with E-state index in [0.29, 0.717) is 0 Å². The summed E-state index contributed by atoms with van der Waals surface area (Å²) >= 11 is 0. The maximum absolute atomic E-state index is 2.52. The molecule has 0 saturated carbocycles. The third-order valence-corrected chi connectivity index (χ3v) is 8.24. The minimum atomic E-state index is -0.0108. The molecular formula is C28H31N. The normalized spacial score (nSPS) is 19.6. The molecule has 1 aliphatic carbocycles. The number of hydrogen-bond acceptors (Lipinski definition) is 1. The zero-order valence-electron chi connectivity index (χ0n) is 18.7. The van der Waals surface area contributed by atoms with Gasteiger partial charge in [0.05, 0.1) is 0 Å². The van der Waals surface area contributed by atoms with Gasteiger partial charge in [-0.25, -0.2) is 0 Å². The molecule has 0 amide bonds. The van der Waals surface area contributed by atoms with Crippen LogP contribution in [0.2, 0.25) is 0 Å². The third-order valence-electron chi connectivity index (χ3n) is 8.24. The van der Waals surface area contributed by atoms with Crippen LogP contribution in [-0.4, -0.2) is 7.05 Å². The molecule has 0 atom stereocenters. The Morgan fingerprint density at radius 3 is 1.86 bits per heavy atom. The number of anilines is 2. The predicted molar refractivity (Wildman–Crippen MR) is 125 cm³/mol. The Bertz CT molecular complexity index is 1150. The lowest BCUT2D eigenvalue weighted by Crippen LogP contribution is -2.40. The lowest BCUT2D eigenvalue weighted by molar-refractivity contribution is 0.306. The molecule has 148 valence electrons. The van der Waals surface area contributed by atoms with E-state index in [1.165, 1.54) is 44.8 Å². The van der Waals surface area contributed by atoms with Crippen molar-refractivity contribution >= 4 is 11.4 Å². The van der Waals surface area contributed by atoms with Gasteiger partial charge in [-0.2, -0.15) is 0 Å². The van der Waals surface area contributed by atoms with E-state index in [1.807, 2.05) is 0 Å². The summed E-state index contributed by atoms with van der Waals surface area (Å²) in [6, 6.07) is 22.8. The van der Waals surface area contributed by atoms with Gasteiger partial charge in [0, 0.05) is 34.7 Å². The fourth-order valence-electron chi connectivity index (χ4n) is 5.61. The van der Waals surface area contributed by atoms with E-state index in [2.05, 4.69) is 114 Å². The van der Waals surface area contributed by atoms with Gasteiger partial charge in [0.2, 0.25) is 0 Å². The van der Waals surface area contributed by atoms with Crippen molar-refractivity contribution in [1.29, 1.82) is 0 Å². The Hall–Kier alpha value is -2.54. The SMILES string of the molecule is CN1c2ccccc2C(C)(C)C(C)(C)c2cc3c(cc21)-c1ccccc1C3(C)C. The summed E-state index contributed by atoms with van der Waals surface area (Å²) in [7, 11) is 2.23. The van der Waals surface area contributed by atoms with E-state index in [1.54, 1.807) is 0 Å². The van der Waals surface area contributed by atoms with Crippen molar-refractivity contribution in [1.82, 2.24) is 0 Å². The first-order valence-corrected chi connectivity index (χ1v) is 10.7. The van der Waals surface area contributed by atoms with Crippen molar-refractivity contribution in [2.24, 2.45) is 0 Å². The summed E-state index contributed by atoms with van der Waals surface area (Å²) in [5.74, 6) is 0. The quantitative estimate of drug-likeness (QED) is 0.394. The molecule has 3 aromatic carbocycles. The Kier molecular flexibility index (Phi) is 3.53. The van der Waals surface area contributed by atoms with Gasteiger partial charge in [-0.1, -0.05) is 90.1 Å². The van der Waals surface area contributed by atoms with Gasteiger partial charge < -0.3 is 4.90 Å². The summed E-state index contributed by atoms with van der Waals surface area (Å²) in [5, 5.41) is 0. The Morgan fingerprint density at radius 1 is 0.552 bits per heavy atom. The first kappa shape index (κ1) is 18.5.